The Balaban J connectivity index is 1.41. The van der Waals surface area contributed by atoms with Crippen molar-refractivity contribution < 1.29 is 28.8 Å². The molecule has 1 aliphatic carbocycles. The van der Waals surface area contributed by atoms with Crippen molar-refractivity contribution in [2.24, 2.45) is 0 Å². The van der Waals surface area contributed by atoms with E-state index in [0.29, 0.717) is 13.0 Å². The van der Waals surface area contributed by atoms with Crippen LogP contribution in [0.2, 0.25) is 0 Å². The first kappa shape index (κ1) is 27.1. The van der Waals surface area contributed by atoms with E-state index in [9.17, 15) is 9.90 Å². The van der Waals surface area contributed by atoms with Crippen LogP contribution in [0.1, 0.15) is 40.2 Å². The number of benzene rings is 3. The molecule has 3 aromatic rings. The van der Waals surface area contributed by atoms with Crippen LogP contribution in [-0.4, -0.2) is 56.3 Å². The molecule has 2 aliphatic rings. The van der Waals surface area contributed by atoms with Crippen LogP contribution in [0.15, 0.2) is 78.6 Å². The van der Waals surface area contributed by atoms with E-state index in [2.05, 4.69) is 42.5 Å². The van der Waals surface area contributed by atoms with Crippen molar-refractivity contribution in [2.45, 2.75) is 44.6 Å². The van der Waals surface area contributed by atoms with Gasteiger partial charge in [0.2, 0.25) is 6.29 Å². The highest BCUT2D eigenvalue weighted by atomic mass is 16.7. The summed E-state index contributed by atoms with van der Waals surface area (Å²) in [5.74, 6) is -0.0539. The summed E-state index contributed by atoms with van der Waals surface area (Å²) in [5.41, 5.74) is 8.12. The van der Waals surface area contributed by atoms with Gasteiger partial charge in [-0.3, -0.25) is 4.79 Å². The van der Waals surface area contributed by atoms with Gasteiger partial charge in [-0.1, -0.05) is 66.7 Å². The third-order valence-electron chi connectivity index (χ3n) is 7.49. The molecule has 204 valence electrons. The van der Waals surface area contributed by atoms with E-state index in [-0.39, 0.29) is 30.7 Å². The van der Waals surface area contributed by atoms with Gasteiger partial charge in [-0.2, -0.15) is 0 Å². The predicted octanol–water partition coefficient (Wildman–Crippen LogP) is 4.76. The second-order valence-corrected chi connectivity index (χ2v) is 10.0. The Morgan fingerprint density at radius 2 is 1.72 bits per heavy atom. The summed E-state index contributed by atoms with van der Waals surface area (Å²) >= 11 is 0. The molecular weight excluding hydrogens is 494 g/mol. The molecule has 2 atom stereocenters. The number of methoxy groups -OCH3 is 2. The van der Waals surface area contributed by atoms with Crippen LogP contribution in [0.5, 0.6) is 0 Å². The Bertz CT molecular complexity index is 1330. The van der Waals surface area contributed by atoms with Crippen molar-refractivity contribution in [3.8, 4) is 11.1 Å². The van der Waals surface area contributed by atoms with Gasteiger partial charge >= 0.3 is 0 Å². The lowest BCUT2D eigenvalue weighted by Crippen LogP contribution is -2.39. The van der Waals surface area contributed by atoms with Crippen LogP contribution in [0.4, 0.5) is 0 Å². The van der Waals surface area contributed by atoms with Crippen molar-refractivity contribution in [2.75, 3.05) is 27.8 Å². The van der Waals surface area contributed by atoms with Gasteiger partial charge in [0.1, 0.15) is 0 Å². The minimum atomic E-state index is -0.606. The number of hydrogen-bond donors (Lipinski definition) is 1. The normalized spacial score (nSPS) is 17.8. The topological polar surface area (TPSA) is 77.5 Å². The zero-order valence-corrected chi connectivity index (χ0v) is 22.6. The molecule has 0 saturated carbocycles. The van der Waals surface area contributed by atoms with Crippen LogP contribution < -0.4 is 0 Å². The first-order chi connectivity index (χ1) is 19.0. The molecule has 1 N–H and O–H groups in total. The van der Waals surface area contributed by atoms with Crippen molar-refractivity contribution in [3.63, 3.8) is 0 Å². The Kier molecular flexibility index (Phi) is 8.43. The molecule has 0 fully saturated rings. The molecule has 0 saturated heterocycles. The molecule has 1 heterocycles. The highest BCUT2D eigenvalue weighted by Crippen LogP contribution is 2.43. The van der Waals surface area contributed by atoms with Crippen LogP contribution in [0.3, 0.4) is 0 Å². The average molecular weight is 530 g/mol. The standard InChI is InChI=1S/C32H35NO6/c1-33(18-31(36-2)37-3)32(35)29-16-24(17-30(39-29)38-20-22-13-11-21(19-34)12-14-22)26-9-6-10-27-25-8-5-4-7-23(25)15-28(26)27/h4-14,16,24,30-31,34H,15,17-20H2,1-3H3/t24-,30+/m1/s1. The van der Waals surface area contributed by atoms with Crippen molar-refractivity contribution in [3.05, 3.63) is 106 Å². The first-order valence-electron chi connectivity index (χ1n) is 13.2. The highest BCUT2D eigenvalue weighted by Gasteiger charge is 2.33. The smallest absolute Gasteiger partial charge is 0.288 e. The molecule has 1 amide bonds. The van der Waals surface area contributed by atoms with Crippen molar-refractivity contribution in [1.82, 2.24) is 4.90 Å². The van der Waals surface area contributed by atoms with E-state index >= 15 is 0 Å². The van der Waals surface area contributed by atoms with Gasteiger partial charge < -0.3 is 29.0 Å². The zero-order chi connectivity index (χ0) is 27.4. The van der Waals surface area contributed by atoms with E-state index < -0.39 is 12.6 Å². The fourth-order valence-electron chi connectivity index (χ4n) is 5.33. The van der Waals surface area contributed by atoms with Gasteiger partial charge in [-0.15, -0.1) is 0 Å². The minimum Gasteiger partial charge on any atom is -0.459 e. The molecule has 7 nitrogen and oxygen atoms in total. The maximum Gasteiger partial charge on any atom is 0.288 e. The SMILES string of the molecule is COC(CN(C)C(=O)C1=C[C@@H](c2cccc3c2Cc2ccccc2-3)C[C@@H](OCc2ccc(CO)cc2)O1)OC. The van der Waals surface area contributed by atoms with E-state index in [1.807, 2.05) is 30.3 Å². The molecule has 0 spiro atoms. The number of carbonyl (C=O) groups excluding carboxylic acids is 1. The Morgan fingerprint density at radius 3 is 2.46 bits per heavy atom. The summed E-state index contributed by atoms with van der Waals surface area (Å²) in [6.45, 7) is 0.584. The van der Waals surface area contributed by atoms with Crippen molar-refractivity contribution >= 4 is 5.91 Å². The van der Waals surface area contributed by atoms with Gasteiger partial charge in [-0.05, 0) is 51.4 Å². The number of aliphatic hydroxyl groups is 1. The molecule has 39 heavy (non-hydrogen) atoms. The first-order valence-corrected chi connectivity index (χ1v) is 13.2. The lowest BCUT2D eigenvalue weighted by molar-refractivity contribution is -0.160. The summed E-state index contributed by atoms with van der Waals surface area (Å²) in [5, 5.41) is 9.33. The summed E-state index contributed by atoms with van der Waals surface area (Å²) in [7, 11) is 4.80. The minimum absolute atomic E-state index is 0.00337. The number of amides is 1. The number of likely N-dealkylation sites (N-methyl/N-ethyl adjacent to an activating group) is 1. The largest absolute Gasteiger partial charge is 0.459 e. The molecule has 1 aliphatic heterocycles. The lowest BCUT2D eigenvalue weighted by Gasteiger charge is -2.32. The molecule has 0 unspecified atom stereocenters. The van der Waals surface area contributed by atoms with E-state index in [4.69, 9.17) is 18.9 Å². The number of aliphatic hydroxyl groups excluding tert-OH is 1. The average Bonchev–Trinajstić information content (AvgIpc) is 3.37. The van der Waals surface area contributed by atoms with Gasteiger partial charge in [0.15, 0.2) is 12.0 Å². The number of nitrogens with zero attached hydrogens (tertiary/aromatic N) is 1. The monoisotopic (exact) mass is 529 g/mol. The predicted molar refractivity (Wildman–Crippen MR) is 148 cm³/mol. The highest BCUT2D eigenvalue weighted by molar-refractivity contribution is 5.91. The van der Waals surface area contributed by atoms with E-state index in [1.54, 1.807) is 26.2 Å². The fourth-order valence-corrected chi connectivity index (χ4v) is 5.33. The molecule has 7 heteroatoms. The number of carbonyl (C=O) groups is 1. The number of rotatable bonds is 10. The Labute approximate surface area is 229 Å². The molecule has 3 aromatic carbocycles. The Morgan fingerprint density at radius 1 is 1.00 bits per heavy atom. The van der Waals surface area contributed by atoms with Gasteiger partial charge in [0, 0.05) is 33.6 Å². The molecule has 0 aromatic heterocycles. The number of hydrogen-bond acceptors (Lipinski definition) is 6. The summed E-state index contributed by atoms with van der Waals surface area (Å²) in [6, 6.07) is 22.5. The number of ether oxygens (including phenoxy) is 4. The maximum absolute atomic E-state index is 13.5. The van der Waals surface area contributed by atoms with E-state index in [0.717, 1.165) is 17.5 Å². The van der Waals surface area contributed by atoms with Crippen LogP contribution in [-0.2, 0) is 43.4 Å². The van der Waals surface area contributed by atoms with Gasteiger partial charge in [-0.25, -0.2) is 0 Å². The Hall–Kier alpha value is -3.49. The summed E-state index contributed by atoms with van der Waals surface area (Å²) in [4.78, 5) is 15.0. The molecule has 0 radical (unpaired) electrons. The molecular formula is C32H35NO6. The van der Waals surface area contributed by atoms with E-state index in [1.165, 1.54) is 27.8 Å². The van der Waals surface area contributed by atoms with Gasteiger partial charge in [0.05, 0.1) is 19.8 Å². The summed E-state index contributed by atoms with van der Waals surface area (Å²) in [6.07, 6.45) is 2.24. The number of allylic oxidation sites excluding steroid dienone is 1. The third kappa shape index (κ3) is 5.92. The second kappa shape index (κ2) is 12.1. The molecule has 0 bridgehead atoms. The second-order valence-electron chi connectivity index (χ2n) is 10.0. The lowest BCUT2D eigenvalue weighted by atomic mass is 9.87. The quantitative estimate of drug-likeness (QED) is 0.299. The number of fused-ring (bicyclic) bond motifs is 3. The summed E-state index contributed by atoms with van der Waals surface area (Å²) < 4.78 is 22.9. The van der Waals surface area contributed by atoms with Crippen LogP contribution in [0.25, 0.3) is 11.1 Å². The zero-order valence-electron chi connectivity index (χ0n) is 22.6. The van der Waals surface area contributed by atoms with Gasteiger partial charge in [0.25, 0.3) is 5.91 Å². The molecule has 5 rings (SSSR count). The third-order valence-corrected chi connectivity index (χ3v) is 7.49. The maximum atomic E-state index is 13.5. The van der Waals surface area contributed by atoms with Crippen LogP contribution in [0, 0.1) is 0 Å². The fraction of sp³-hybridized carbons (Fsp3) is 0.344. The van der Waals surface area contributed by atoms with Crippen LogP contribution >= 0.6 is 0 Å². The van der Waals surface area contributed by atoms with Crippen molar-refractivity contribution in [1.29, 1.82) is 0 Å².